The van der Waals surface area contributed by atoms with Crippen LogP contribution >= 0.6 is 0 Å². The molecule has 0 saturated carbocycles. The molecule has 2 fully saturated rings. The van der Waals surface area contributed by atoms with Gasteiger partial charge in [-0.25, -0.2) is 13.2 Å². The van der Waals surface area contributed by atoms with Crippen LogP contribution in [0.5, 0.6) is 0 Å². The number of urea groups is 1. The smallest absolute Gasteiger partial charge is 0.321 e. The van der Waals surface area contributed by atoms with Crippen LogP contribution in [0.25, 0.3) is 11.4 Å². The summed E-state index contributed by atoms with van der Waals surface area (Å²) >= 11 is 0. The van der Waals surface area contributed by atoms with E-state index in [1.165, 1.54) is 0 Å². The summed E-state index contributed by atoms with van der Waals surface area (Å²) < 4.78 is 32.6. The predicted octanol–water partition coefficient (Wildman–Crippen LogP) is 3.42. The summed E-state index contributed by atoms with van der Waals surface area (Å²) in [5.74, 6) is 0.912. The maximum absolute atomic E-state index is 12.8. The highest BCUT2D eigenvalue weighted by Crippen LogP contribution is 2.24. The first-order valence-electron chi connectivity index (χ1n) is 11.6. The minimum atomic E-state index is -3.45. The summed E-state index contributed by atoms with van der Waals surface area (Å²) in [5, 5.41) is 6.92. The Balaban J connectivity index is 1.25. The normalized spacial score (nSPS) is 17.5. The van der Waals surface area contributed by atoms with Gasteiger partial charge in [0.25, 0.3) is 0 Å². The molecule has 3 aromatic rings. The molecule has 178 valence electrons. The van der Waals surface area contributed by atoms with E-state index in [4.69, 9.17) is 4.52 Å². The zero-order valence-corrected chi connectivity index (χ0v) is 19.6. The highest BCUT2D eigenvalue weighted by molar-refractivity contribution is 7.89. The number of hydrogen-bond acceptors (Lipinski definition) is 6. The zero-order chi connectivity index (χ0) is 23.5. The van der Waals surface area contributed by atoms with Crippen molar-refractivity contribution >= 4 is 21.7 Å². The highest BCUT2D eigenvalue weighted by Gasteiger charge is 2.26. The van der Waals surface area contributed by atoms with Crippen molar-refractivity contribution in [3.63, 3.8) is 0 Å². The maximum atomic E-state index is 12.8. The summed E-state index contributed by atoms with van der Waals surface area (Å²) in [6.45, 7) is 2.56. The van der Waals surface area contributed by atoms with Crippen molar-refractivity contribution in [2.45, 2.75) is 37.0 Å². The number of carbonyl (C=O) groups is 1. The second-order valence-corrected chi connectivity index (χ2v) is 10.5. The van der Waals surface area contributed by atoms with Gasteiger partial charge in [-0.1, -0.05) is 23.7 Å². The number of nitrogens with one attached hydrogen (secondary N) is 1. The van der Waals surface area contributed by atoms with Crippen LogP contribution in [0.15, 0.2) is 57.9 Å². The number of aromatic nitrogens is 2. The van der Waals surface area contributed by atoms with E-state index in [0.717, 1.165) is 42.5 Å². The highest BCUT2D eigenvalue weighted by atomic mass is 32.2. The minimum absolute atomic E-state index is 0.0874. The van der Waals surface area contributed by atoms with Crippen LogP contribution in [-0.2, 0) is 16.4 Å². The van der Waals surface area contributed by atoms with Crippen LogP contribution in [0, 0.1) is 0 Å². The van der Waals surface area contributed by atoms with Crippen LogP contribution in [0.4, 0.5) is 10.5 Å². The molecule has 9 nitrogen and oxygen atoms in total. The molecular weight excluding hydrogens is 454 g/mol. The fourth-order valence-corrected chi connectivity index (χ4v) is 5.84. The molecule has 2 amide bonds. The largest absolute Gasteiger partial charge is 0.339 e. The molecule has 10 heteroatoms. The number of carbonyl (C=O) groups excluding carboxylic acids is 1. The Morgan fingerprint density at radius 1 is 0.912 bits per heavy atom. The molecule has 3 heterocycles. The van der Waals surface area contributed by atoms with E-state index in [2.05, 4.69) is 15.5 Å². The van der Waals surface area contributed by atoms with E-state index in [1.807, 2.05) is 24.3 Å². The lowest BCUT2D eigenvalue weighted by molar-refractivity contribution is 0.243. The Bertz CT molecular complexity index is 1250. The van der Waals surface area contributed by atoms with Gasteiger partial charge in [0.15, 0.2) is 0 Å². The molecule has 1 aromatic heterocycles. The van der Waals surface area contributed by atoms with Crippen molar-refractivity contribution in [1.82, 2.24) is 19.8 Å². The summed E-state index contributed by atoms with van der Waals surface area (Å²) in [6, 6.07) is 14.3. The first kappa shape index (κ1) is 22.5. The van der Waals surface area contributed by atoms with Crippen LogP contribution < -0.4 is 10.2 Å². The zero-order valence-electron chi connectivity index (χ0n) is 18.8. The van der Waals surface area contributed by atoms with Gasteiger partial charge in [0, 0.05) is 37.4 Å². The van der Waals surface area contributed by atoms with E-state index in [-0.39, 0.29) is 6.03 Å². The molecule has 2 aliphatic heterocycles. The van der Waals surface area contributed by atoms with Crippen molar-refractivity contribution in [2.75, 3.05) is 31.1 Å². The molecular formula is C24H27N5O4S. The van der Waals surface area contributed by atoms with Gasteiger partial charge in [0.05, 0.1) is 11.3 Å². The third kappa shape index (κ3) is 4.69. The van der Waals surface area contributed by atoms with Gasteiger partial charge in [0.1, 0.15) is 0 Å². The molecule has 0 aliphatic carbocycles. The van der Waals surface area contributed by atoms with Crippen LogP contribution in [-0.4, -0.2) is 55.1 Å². The van der Waals surface area contributed by atoms with Gasteiger partial charge in [-0.2, -0.15) is 9.29 Å². The van der Waals surface area contributed by atoms with Gasteiger partial charge in [-0.3, -0.25) is 4.90 Å². The number of piperidine rings is 1. The van der Waals surface area contributed by atoms with E-state index >= 15 is 0 Å². The number of amides is 2. The van der Waals surface area contributed by atoms with E-state index in [0.29, 0.717) is 49.2 Å². The molecule has 0 atom stereocenters. The Morgan fingerprint density at radius 3 is 2.35 bits per heavy atom. The average Bonchev–Trinajstić information content (AvgIpc) is 3.34. The number of benzene rings is 2. The second-order valence-electron chi connectivity index (χ2n) is 8.58. The van der Waals surface area contributed by atoms with Gasteiger partial charge in [-0.15, -0.1) is 0 Å². The summed E-state index contributed by atoms with van der Waals surface area (Å²) in [7, 11) is -3.45. The summed E-state index contributed by atoms with van der Waals surface area (Å²) in [6.07, 6.45) is 4.22. The molecule has 0 spiro atoms. The molecule has 0 unspecified atom stereocenters. The number of sulfonamides is 1. The first-order valence-corrected chi connectivity index (χ1v) is 13.0. The van der Waals surface area contributed by atoms with Crippen LogP contribution in [0.1, 0.15) is 37.1 Å². The molecule has 0 bridgehead atoms. The average molecular weight is 482 g/mol. The summed E-state index contributed by atoms with van der Waals surface area (Å²) in [4.78, 5) is 18.5. The van der Waals surface area contributed by atoms with E-state index < -0.39 is 10.0 Å². The lowest BCUT2D eigenvalue weighted by atomic mass is 10.1. The quantitative estimate of drug-likeness (QED) is 0.578. The van der Waals surface area contributed by atoms with Gasteiger partial charge < -0.3 is 9.84 Å². The van der Waals surface area contributed by atoms with Gasteiger partial charge >= 0.3 is 6.03 Å². The fraction of sp³-hybridized carbons (Fsp3) is 0.375. The van der Waals surface area contributed by atoms with Gasteiger partial charge in [-0.05, 0) is 61.2 Å². The third-order valence-corrected chi connectivity index (χ3v) is 8.13. The first-order chi connectivity index (χ1) is 16.5. The van der Waals surface area contributed by atoms with Crippen LogP contribution in [0.3, 0.4) is 0 Å². The monoisotopic (exact) mass is 481 g/mol. The topological polar surface area (TPSA) is 109 Å². The SMILES string of the molecule is O=C1NCCCN1c1ccc(-c2noc(Cc3ccc(S(=O)(=O)N4CCCCC4)cc3)n2)cc1. The standard InChI is InChI=1S/C24H27N5O4S/c30-24-25-13-4-16-29(24)20-9-7-19(8-10-20)23-26-22(33-27-23)17-18-5-11-21(12-6-18)34(31,32)28-14-2-1-3-15-28/h5-12H,1-4,13-17H2,(H,25,30). The van der Waals surface area contributed by atoms with Crippen molar-refractivity contribution in [2.24, 2.45) is 0 Å². The Kier molecular flexibility index (Phi) is 6.34. The fourth-order valence-electron chi connectivity index (χ4n) is 4.32. The lowest BCUT2D eigenvalue weighted by Gasteiger charge is -2.27. The Morgan fingerprint density at radius 2 is 1.65 bits per heavy atom. The summed E-state index contributed by atoms with van der Waals surface area (Å²) in [5.41, 5.74) is 2.50. The minimum Gasteiger partial charge on any atom is -0.339 e. The van der Waals surface area contributed by atoms with Crippen molar-refractivity contribution in [3.05, 3.63) is 60.0 Å². The third-order valence-electron chi connectivity index (χ3n) is 6.22. The molecule has 5 rings (SSSR count). The van der Waals surface area contributed by atoms with E-state index in [9.17, 15) is 13.2 Å². The van der Waals surface area contributed by atoms with Crippen molar-refractivity contribution in [3.8, 4) is 11.4 Å². The Labute approximate surface area is 198 Å². The Hall–Kier alpha value is -3.24. The van der Waals surface area contributed by atoms with E-state index in [1.54, 1.807) is 33.5 Å². The van der Waals surface area contributed by atoms with Crippen molar-refractivity contribution in [1.29, 1.82) is 0 Å². The molecule has 2 saturated heterocycles. The second kappa shape index (κ2) is 9.55. The number of hydrogen-bond donors (Lipinski definition) is 1. The van der Waals surface area contributed by atoms with Crippen molar-refractivity contribution < 1.29 is 17.7 Å². The predicted molar refractivity (Wildman–Crippen MR) is 127 cm³/mol. The number of anilines is 1. The molecule has 1 N–H and O–H groups in total. The number of rotatable bonds is 6. The molecule has 0 radical (unpaired) electrons. The number of nitrogens with zero attached hydrogens (tertiary/aromatic N) is 4. The molecule has 34 heavy (non-hydrogen) atoms. The maximum Gasteiger partial charge on any atom is 0.321 e. The van der Waals surface area contributed by atoms with Gasteiger partial charge in [0.2, 0.25) is 21.7 Å². The molecule has 2 aromatic carbocycles. The van der Waals surface area contributed by atoms with Crippen LogP contribution in [0.2, 0.25) is 0 Å². The molecule has 2 aliphatic rings. The lowest BCUT2D eigenvalue weighted by Crippen LogP contribution is -2.46.